The first-order chi connectivity index (χ1) is 21.1. The third-order valence-electron chi connectivity index (χ3n) is 7.02. The predicted molar refractivity (Wildman–Crippen MR) is 172 cm³/mol. The molecule has 220 valence electrons. The van der Waals surface area contributed by atoms with E-state index in [0.717, 1.165) is 73.9 Å². The van der Waals surface area contributed by atoms with Crippen molar-refractivity contribution in [1.82, 2.24) is 16.0 Å². The maximum atomic E-state index is 12.9. The Morgan fingerprint density at radius 2 is 0.907 bits per heavy atom. The molecule has 3 aromatic carbocycles. The van der Waals surface area contributed by atoms with Crippen LogP contribution in [-0.2, 0) is 0 Å². The Kier molecular flexibility index (Phi) is 8.44. The van der Waals surface area contributed by atoms with Crippen molar-refractivity contribution in [3.8, 4) is 0 Å². The standard InChI is InChI=1S/C31H34N10O2/c42-30(38-23-7-3-20(4-8-23)27-32-11-1-12-33-27)40-25-17-22(29-36-15-16-37-29)18-26(19-25)41-31(43)39-24-9-5-21(6-10-24)28-34-13-2-14-35-28/h3-10,17-19H,1-2,11-16H2,(H,32,33)(H,34,35)(H,36,37)(H2,38,40,42)(H2,39,41,43). The van der Waals surface area contributed by atoms with Crippen molar-refractivity contribution in [2.75, 3.05) is 60.5 Å². The summed E-state index contributed by atoms with van der Waals surface area (Å²) in [7, 11) is 0. The molecule has 3 aromatic rings. The number of rotatable bonds is 7. The number of aliphatic imine (C=N–C) groups is 3. The number of carbonyl (C=O) groups excluding carboxylic acids is 2. The van der Waals surface area contributed by atoms with Gasteiger partial charge >= 0.3 is 12.1 Å². The first-order valence-electron chi connectivity index (χ1n) is 14.5. The number of anilines is 4. The fourth-order valence-electron chi connectivity index (χ4n) is 4.96. The Hall–Kier alpha value is -5.39. The summed E-state index contributed by atoms with van der Waals surface area (Å²) in [5.41, 5.74) is 5.00. The van der Waals surface area contributed by atoms with Crippen molar-refractivity contribution in [1.29, 1.82) is 0 Å². The van der Waals surface area contributed by atoms with Gasteiger partial charge in [-0.15, -0.1) is 0 Å². The summed E-state index contributed by atoms with van der Waals surface area (Å²) in [4.78, 5) is 39.3. The molecule has 3 aliphatic rings. The van der Waals surface area contributed by atoms with Crippen LogP contribution in [0.4, 0.5) is 32.3 Å². The Labute approximate surface area is 249 Å². The lowest BCUT2D eigenvalue weighted by molar-refractivity contribution is 0.261. The summed E-state index contributed by atoms with van der Waals surface area (Å²) in [5, 5.41) is 21.3. The maximum absolute atomic E-state index is 12.9. The largest absolute Gasteiger partial charge is 0.370 e. The van der Waals surface area contributed by atoms with Gasteiger partial charge in [-0.05, 0) is 79.6 Å². The van der Waals surface area contributed by atoms with Crippen molar-refractivity contribution in [2.24, 2.45) is 15.0 Å². The summed E-state index contributed by atoms with van der Waals surface area (Å²) < 4.78 is 0. The molecule has 3 heterocycles. The third kappa shape index (κ3) is 7.28. The second-order valence-corrected chi connectivity index (χ2v) is 10.3. The summed E-state index contributed by atoms with van der Waals surface area (Å²) in [6.45, 7) is 4.82. The van der Waals surface area contributed by atoms with E-state index >= 15 is 0 Å². The second-order valence-electron chi connectivity index (χ2n) is 10.3. The Morgan fingerprint density at radius 3 is 1.33 bits per heavy atom. The van der Waals surface area contributed by atoms with Gasteiger partial charge in [-0.1, -0.05) is 0 Å². The molecule has 6 rings (SSSR count). The van der Waals surface area contributed by atoms with Crippen molar-refractivity contribution in [3.63, 3.8) is 0 Å². The number of hydrogen-bond donors (Lipinski definition) is 7. The molecule has 0 saturated carbocycles. The number of hydrogen-bond acceptors (Lipinski definition) is 8. The van der Waals surface area contributed by atoms with Crippen LogP contribution in [-0.4, -0.2) is 68.8 Å². The maximum Gasteiger partial charge on any atom is 0.323 e. The number of amidine groups is 3. The van der Waals surface area contributed by atoms with Crippen LogP contribution in [0, 0.1) is 0 Å². The van der Waals surface area contributed by atoms with Crippen molar-refractivity contribution >= 4 is 52.3 Å². The van der Waals surface area contributed by atoms with Gasteiger partial charge in [-0.3, -0.25) is 15.0 Å². The Morgan fingerprint density at radius 1 is 0.488 bits per heavy atom. The van der Waals surface area contributed by atoms with Crippen LogP contribution in [0.15, 0.2) is 81.7 Å². The summed E-state index contributed by atoms with van der Waals surface area (Å²) in [6, 6.07) is 19.6. The lowest BCUT2D eigenvalue weighted by Crippen LogP contribution is -2.30. The lowest BCUT2D eigenvalue weighted by Gasteiger charge is -2.16. The highest BCUT2D eigenvalue weighted by atomic mass is 16.2. The topological polar surface area (TPSA) is 155 Å². The minimum Gasteiger partial charge on any atom is -0.370 e. The van der Waals surface area contributed by atoms with Gasteiger partial charge in [0.05, 0.1) is 6.54 Å². The van der Waals surface area contributed by atoms with E-state index in [1.165, 1.54) is 0 Å². The van der Waals surface area contributed by atoms with E-state index in [9.17, 15) is 9.59 Å². The highest BCUT2D eigenvalue weighted by Gasteiger charge is 2.14. The number of carbonyl (C=O) groups is 2. The van der Waals surface area contributed by atoms with E-state index in [1.807, 2.05) is 60.7 Å². The molecular formula is C31H34N10O2. The monoisotopic (exact) mass is 578 g/mol. The van der Waals surface area contributed by atoms with Crippen LogP contribution >= 0.6 is 0 Å². The number of amides is 4. The minimum atomic E-state index is -0.410. The molecule has 4 amide bonds. The van der Waals surface area contributed by atoms with E-state index in [1.54, 1.807) is 6.07 Å². The molecule has 7 N–H and O–H groups in total. The SMILES string of the molecule is O=C(Nc1ccc(C2=NCCCN2)cc1)Nc1cc(NC(=O)Nc2ccc(C3=NCCCN3)cc2)cc(C2=NCCN2)c1. The quantitative estimate of drug-likeness (QED) is 0.227. The molecule has 3 aliphatic heterocycles. The Bertz CT molecular complexity index is 1480. The molecule has 0 aliphatic carbocycles. The van der Waals surface area contributed by atoms with Crippen LogP contribution in [0.1, 0.15) is 29.5 Å². The lowest BCUT2D eigenvalue weighted by atomic mass is 10.1. The van der Waals surface area contributed by atoms with Crippen LogP contribution in [0.5, 0.6) is 0 Å². The van der Waals surface area contributed by atoms with Crippen molar-refractivity contribution < 1.29 is 9.59 Å². The van der Waals surface area contributed by atoms with Gasteiger partial charge in [0, 0.05) is 72.2 Å². The number of nitrogens with one attached hydrogen (secondary N) is 7. The number of nitrogens with zero attached hydrogens (tertiary/aromatic N) is 3. The molecular weight excluding hydrogens is 544 g/mol. The predicted octanol–water partition coefficient (Wildman–Crippen LogP) is 3.80. The van der Waals surface area contributed by atoms with Gasteiger partial charge in [0.1, 0.15) is 17.5 Å². The Balaban J connectivity index is 1.11. The molecule has 0 aromatic heterocycles. The van der Waals surface area contributed by atoms with E-state index in [2.05, 4.69) is 52.2 Å². The van der Waals surface area contributed by atoms with Gasteiger partial charge in [0.15, 0.2) is 0 Å². The molecule has 0 spiro atoms. The van der Waals surface area contributed by atoms with Crippen LogP contribution in [0.3, 0.4) is 0 Å². The van der Waals surface area contributed by atoms with Gasteiger partial charge in [0.25, 0.3) is 0 Å². The molecule has 12 nitrogen and oxygen atoms in total. The molecule has 0 saturated heterocycles. The van der Waals surface area contributed by atoms with Crippen molar-refractivity contribution in [2.45, 2.75) is 12.8 Å². The molecule has 12 heteroatoms. The van der Waals surface area contributed by atoms with Crippen LogP contribution in [0.25, 0.3) is 0 Å². The highest BCUT2D eigenvalue weighted by Crippen LogP contribution is 2.22. The van der Waals surface area contributed by atoms with Crippen molar-refractivity contribution in [3.05, 3.63) is 83.4 Å². The van der Waals surface area contributed by atoms with Crippen LogP contribution in [0.2, 0.25) is 0 Å². The number of urea groups is 2. The zero-order valence-corrected chi connectivity index (χ0v) is 23.7. The molecule has 43 heavy (non-hydrogen) atoms. The zero-order chi connectivity index (χ0) is 29.4. The molecule has 0 fully saturated rings. The molecule has 0 unspecified atom stereocenters. The van der Waals surface area contributed by atoms with Gasteiger partial charge in [-0.2, -0.15) is 0 Å². The fraction of sp³-hybridized carbons (Fsp3) is 0.258. The zero-order valence-electron chi connectivity index (χ0n) is 23.7. The molecule has 0 atom stereocenters. The first-order valence-corrected chi connectivity index (χ1v) is 14.5. The van der Waals surface area contributed by atoms with Gasteiger partial charge in [0.2, 0.25) is 0 Å². The summed E-state index contributed by atoms with van der Waals surface area (Å²) in [5.74, 6) is 2.45. The highest BCUT2D eigenvalue weighted by molar-refractivity contribution is 6.07. The first kappa shape index (κ1) is 27.8. The summed E-state index contributed by atoms with van der Waals surface area (Å²) in [6.07, 6.45) is 2.05. The minimum absolute atomic E-state index is 0.410. The van der Waals surface area contributed by atoms with E-state index < -0.39 is 12.1 Å². The molecule has 0 bridgehead atoms. The second kappa shape index (κ2) is 13.1. The van der Waals surface area contributed by atoms with E-state index in [4.69, 9.17) is 0 Å². The van der Waals surface area contributed by atoms with E-state index in [0.29, 0.717) is 35.1 Å². The number of benzene rings is 3. The van der Waals surface area contributed by atoms with Crippen LogP contribution < -0.4 is 37.2 Å². The van der Waals surface area contributed by atoms with Gasteiger partial charge in [-0.25, -0.2) is 9.59 Å². The molecule has 0 radical (unpaired) electrons. The normalized spacial score (nSPS) is 15.9. The summed E-state index contributed by atoms with van der Waals surface area (Å²) >= 11 is 0. The smallest absolute Gasteiger partial charge is 0.323 e. The average molecular weight is 579 g/mol. The average Bonchev–Trinajstić information content (AvgIpc) is 3.58. The fourth-order valence-corrected chi connectivity index (χ4v) is 4.96. The van der Waals surface area contributed by atoms with E-state index in [-0.39, 0.29) is 0 Å². The van der Waals surface area contributed by atoms with Gasteiger partial charge < -0.3 is 37.2 Å². The third-order valence-corrected chi connectivity index (χ3v) is 7.02.